The molecule has 1 unspecified atom stereocenters. The second kappa shape index (κ2) is 6.32. The van der Waals surface area contributed by atoms with Gasteiger partial charge >= 0.3 is 0 Å². The van der Waals surface area contributed by atoms with E-state index in [0.29, 0.717) is 23.2 Å². The Bertz CT molecular complexity index is 592. The summed E-state index contributed by atoms with van der Waals surface area (Å²) < 4.78 is 5.02. The lowest BCUT2D eigenvalue weighted by atomic mass is 10.1. The van der Waals surface area contributed by atoms with Crippen LogP contribution in [0.3, 0.4) is 0 Å². The van der Waals surface area contributed by atoms with Gasteiger partial charge in [0.05, 0.1) is 25.0 Å². The maximum absolute atomic E-state index is 9.47. The molecule has 0 radical (unpaired) electrons. The van der Waals surface area contributed by atoms with Crippen molar-refractivity contribution in [2.24, 2.45) is 0 Å². The second-order valence-corrected chi connectivity index (χ2v) is 4.57. The van der Waals surface area contributed by atoms with E-state index < -0.39 is 6.10 Å². The standard InChI is InChI=1S/C13H12ClN3O2/c14-10-3-1-2-9(6-10)7-12-16-13(19-17-12)8-11(18)4-5-15/h1-3,6,11,18H,4,7-8H2. The molecule has 0 amide bonds. The van der Waals surface area contributed by atoms with E-state index in [1.807, 2.05) is 24.3 Å². The molecule has 0 aliphatic carbocycles. The molecule has 1 aromatic heterocycles. The predicted molar refractivity (Wildman–Crippen MR) is 68.5 cm³/mol. The molecular formula is C13H12ClN3O2. The molecule has 1 heterocycles. The zero-order chi connectivity index (χ0) is 13.7. The van der Waals surface area contributed by atoms with Crippen molar-refractivity contribution >= 4 is 11.6 Å². The van der Waals surface area contributed by atoms with Crippen LogP contribution in [0.2, 0.25) is 5.02 Å². The van der Waals surface area contributed by atoms with Crippen LogP contribution in [0.4, 0.5) is 0 Å². The number of rotatable bonds is 5. The summed E-state index contributed by atoms with van der Waals surface area (Å²) in [5.41, 5.74) is 0.984. The molecule has 2 aromatic rings. The second-order valence-electron chi connectivity index (χ2n) is 4.13. The van der Waals surface area contributed by atoms with Crippen molar-refractivity contribution in [2.75, 3.05) is 0 Å². The van der Waals surface area contributed by atoms with Crippen LogP contribution in [0.15, 0.2) is 28.8 Å². The smallest absolute Gasteiger partial charge is 0.229 e. The Labute approximate surface area is 115 Å². The third-order valence-electron chi connectivity index (χ3n) is 2.50. The first-order valence-electron chi connectivity index (χ1n) is 5.78. The molecule has 1 aromatic carbocycles. The SMILES string of the molecule is N#CCC(O)Cc1nc(Cc2cccc(Cl)c2)no1. The molecular weight excluding hydrogens is 266 g/mol. The van der Waals surface area contributed by atoms with Crippen molar-refractivity contribution in [1.29, 1.82) is 5.26 Å². The lowest BCUT2D eigenvalue weighted by Crippen LogP contribution is -2.09. The molecule has 19 heavy (non-hydrogen) atoms. The zero-order valence-corrected chi connectivity index (χ0v) is 10.8. The molecule has 0 spiro atoms. The van der Waals surface area contributed by atoms with E-state index in [4.69, 9.17) is 21.4 Å². The first-order chi connectivity index (χ1) is 9.17. The number of hydrogen-bond acceptors (Lipinski definition) is 5. The number of nitrogens with zero attached hydrogens (tertiary/aromatic N) is 3. The molecule has 0 saturated heterocycles. The molecule has 1 atom stereocenters. The lowest BCUT2D eigenvalue weighted by molar-refractivity contribution is 0.167. The molecule has 6 heteroatoms. The van der Waals surface area contributed by atoms with Crippen molar-refractivity contribution in [1.82, 2.24) is 10.1 Å². The van der Waals surface area contributed by atoms with Crippen LogP contribution in [0.25, 0.3) is 0 Å². The monoisotopic (exact) mass is 277 g/mol. The van der Waals surface area contributed by atoms with Crippen molar-refractivity contribution in [3.63, 3.8) is 0 Å². The first-order valence-corrected chi connectivity index (χ1v) is 6.16. The highest BCUT2D eigenvalue weighted by Crippen LogP contribution is 2.14. The van der Waals surface area contributed by atoms with Crippen LogP contribution in [-0.2, 0) is 12.8 Å². The summed E-state index contributed by atoms with van der Waals surface area (Å²) in [7, 11) is 0. The van der Waals surface area contributed by atoms with E-state index in [1.54, 1.807) is 6.07 Å². The Hall–Kier alpha value is -1.90. The minimum atomic E-state index is -0.774. The summed E-state index contributed by atoms with van der Waals surface area (Å²) >= 11 is 5.89. The van der Waals surface area contributed by atoms with E-state index >= 15 is 0 Å². The molecule has 98 valence electrons. The fourth-order valence-corrected chi connectivity index (χ4v) is 1.87. The highest BCUT2D eigenvalue weighted by molar-refractivity contribution is 6.30. The third kappa shape index (κ3) is 4.05. The van der Waals surface area contributed by atoms with Gasteiger partial charge in [-0.1, -0.05) is 28.9 Å². The van der Waals surface area contributed by atoms with E-state index in [1.165, 1.54) is 0 Å². The van der Waals surface area contributed by atoms with Crippen molar-refractivity contribution in [2.45, 2.75) is 25.4 Å². The summed E-state index contributed by atoms with van der Waals surface area (Å²) in [5, 5.41) is 22.4. The van der Waals surface area contributed by atoms with Crippen LogP contribution in [0, 0.1) is 11.3 Å². The maximum Gasteiger partial charge on any atom is 0.229 e. The van der Waals surface area contributed by atoms with Gasteiger partial charge in [-0.25, -0.2) is 0 Å². The van der Waals surface area contributed by atoms with Gasteiger partial charge in [-0.05, 0) is 17.7 Å². The molecule has 2 rings (SSSR count). The number of hydrogen-bond donors (Lipinski definition) is 1. The summed E-state index contributed by atoms with van der Waals surface area (Å²) in [6.07, 6.45) is -0.0231. The fraction of sp³-hybridized carbons (Fsp3) is 0.308. The minimum Gasteiger partial charge on any atom is -0.392 e. The quantitative estimate of drug-likeness (QED) is 0.905. The van der Waals surface area contributed by atoms with Gasteiger partial charge in [-0.15, -0.1) is 0 Å². The summed E-state index contributed by atoms with van der Waals surface area (Å²) in [6.45, 7) is 0. The number of halogens is 1. The van der Waals surface area contributed by atoms with Crippen LogP contribution in [-0.4, -0.2) is 21.4 Å². The normalized spacial score (nSPS) is 12.1. The molecule has 0 fully saturated rings. The van der Waals surface area contributed by atoms with E-state index in [-0.39, 0.29) is 12.8 Å². The van der Waals surface area contributed by atoms with Crippen LogP contribution >= 0.6 is 11.6 Å². The number of aromatic nitrogens is 2. The Kier molecular flexibility index (Phi) is 4.50. The minimum absolute atomic E-state index is 0.0476. The van der Waals surface area contributed by atoms with Crippen LogP contribution in [0.1, 0.15) is 23.7 Å². The summed E-state index contributed by atoms with van der Waals surface area (Å²) in [5.74, 6) is 0.862. The predicted octanol–water partition coefficient (Wildman–Crippen LogP) is 2.13. The Morgan fingerprint density at radius 2 is 2.32 bits per heavy atom. The number of benzene rings is 1. The number of nitriles is 1. The lowest BCUT2D eigenvalue weighted by Gasteiger charge is -1.99. The zero-order valence-electron chi connectivity index (χ0n) is 10.1. The number of aliphatic hydroxyl groups is 1. The summed E-state index contributed by atoms with van der Waals surface area (Å²) in [4.78, 5) is 4.17. The topological polar surface area (TPSA) is 82.9 Å². The van der Waals surface area contributed by atoms with Gasteiger partial charge in [0.15, 0.2) is 5.82 Å². The van der Waals surface area contributed by atoms with E-state index in [9.17, 15) is 5.11 Å². The number of aliphatic hydroxyl groups excluding tert-OH is 1. The van der Waals surface area contributed by atoms with Crippen molar-refractivity contribution in [3.05, 3.63) is 46.6 Å². The average molecular weight is 278 g/mol. The molecule has 0 saturated carbocycles. The van der Waals surface area contributed by atoms with Crippen LogP contribution in [0.5, 0.6) is 0 Å². The fourth-order valence-electron chi connectivity index (χ4n) is 1.65. The third-order valence-corrected chi connectivity index (χ3v) is 2.73. The van der Waals surface area contributed by atoms with Crippen molar-refractivity contribution in [3.8, 4) is 6.07 Å². The van der Waals surface area contributed by atoms with Crippen LogP contribution < -0.4 is 0 Å². The van der Waals surface area contributed by atoms with Gasteiger partial charge in [-0.2, -0.15) is 10.2 Å². The molecule has 0 aliphatic rings. The van der Waals surface area contributed by atoms with Gasteiger partial charge in [0, 0.05) is 11.4 Å². The Morgan fingerprint density at radius 3 is 3.05 bits per heavy atom. The largest absolute Gasteiger partial charge is 0.392 e. The highest BCUT2D eigenvalue weighted by Gasteiger charge is 2.12. The van der Waals surface area contributed by atoms with Gasteiger partial charge in [-0.3, -0.25) is 0 Å². The molecule has 0 aliphatic heterocycles. The summed E-state index contributed by atoms with van der Waals surface area (Å²) in [6, 6.07) is 9.30. The van der Waals surface area contributed by atoms with Gasteiger partial charge in [0.2, 0.25) is 5.89 Å². The molecule has 0 bridgehead atoms. The van der Waals surface area contributed by atoms with Gasteiger partial charge in [0.1, 0.15) is 0 Å². The van der Waals surface area contributed by atoms with Gasteiger partial charge < -0.3 is 9.63 Å². The van der Waals surface area contributed by atoms with E-state index in [0.717, 1.165) is 5.56 Å². The first kappa shape index (κ1) is 13.5. The maximum atomic E-state index is 9.47. The Morgan fingerprint density at radius 1 is 1.47 bits per heavy atom. The van der Waals surface area contributed by atoms with Gasteiger partial charge in [0.25, 0.3) is 0 Å². The highest BCUT2D eigenvalue weighted by atomic mass is 35.5. The molecule has 5 nitrogen and oxygen atoms in total. The molecule has 1 N–H and O–H groups in total. The van der Waals surface area contributed by atoms with E-state index in [2.05, 4.69) is 10.1 Å². The van der Waals surface area contributed by atoms with Crippen molar-refractivity contribution < 1.29 is 9.63 Å². The Balaban J connectivity index is 1.99. The average Bonchev–Trinajstić information content (AvgIpc) is 2.76.